The summed E-state index contributed by atoms with van der Waals surface area (Å²) < 4.78 is 17.3. The molecule has 6 atom stereocenters. The molecule has 0 unspecified atom stereocenters. The zero-order valence-electron chi connectivity index (χ0n) is 20.0. The predicted molar refractivity (Wildman–Crippen MR) is 120 cm³/mol. The maximum Gasteiger partial charge on any atom is 0.305 e. The third kappa shape index (κ3) is 2.51. The maximum absolute atomic E-state index is 13.2. The van der Waals surface area contributed by atoms with E-state index in [1.54, 1.807) is 12.3 Å². The number of methoxy groups -OCH3 is 1. The number of hydrogen-bond donors (Lipinski definition) is 0. The molecule has 172 valence electrons. The average molecular weight is 439 g/mol. The third-order valence-corrected chi connectivity index (χ3v) is 9.71. The Bertz CT molecular complexity index is 1030. The Labute approximate surface area is 190 Å². The minimum atomic E-state index is -0.662. The van der Waals surface area contributed by atoms with Gasteiger partial charge >= 0.3 is 5.97 Å². The second-order valence-corrected chi connectivity index (χ2v) is 11.4. The molecule has 5 nitrogen and oxygen atoms in total. The van der Waals surface area contributed by atoms with Gasteiger partial charge < -0.3 is 13.9 Å². The number of furan rings is 1. The van der Waals surface area contributed by atoms with E-state index in [9.17, 15) is 9.59 Å². The lowest BCUT2D eigenvalue weighted by atomic mass is 9.47. The molecule has 1 saturated heterocycles. The van der Waals surface area contributed by atoms with Gasteiger partial charge in [-0.05, 0) is 60.6 Å². The van der Waals surface area contributed by atoms with Crippen molar-refractivity contribution < 1.29 is 23.5 Å². The summed E-state index contributed by atoms with van der Waals surface area (Å²) in [5.41, 5.74) is 0.993. The van der Waals surface area contributed by atoms with E-state index >= 15 is 0 Å². The van der Waals surface area contributed by atoms with E-state index in [4.69, 9.17) is 13.9 Å². The molecule has 1 aliphatic heterocycles. The van der Waals surface area contributed by atoms with Crippen LogP contribution < -0.4 is 0 Å². The zero-order valence-corrected chi connectivity index (χ0v) is 20.0. The number of ether oxygens (including phenoxy) is 2. The van der Waals surface area contributed by atoms with E-state index in [0.29, 0.717) is 5.92 Å². The molecule has 0 spiro atoms. The maximum atomic E-state index is 13.2. The molecule has 3 aliphatic carbocycles. The van der Waals surface area contributed by atoms with Crippen LogP contribution in [0.1, 0.15) is 71.8 Å². The summed E-state index contributed by atoms with van der Waals surface area (Å²) >= 11 is 0. The lowest BCUT2D eigenvalue weighted by Gasteiger charge is -2.53. The number of carbonyl (C=O) groups excluding carboxylic acids is 2. The summed E-state index contributed by atoms with van der Waals surface area (Å²) in [7, 11) is 1.42. The molecule has 0 aromatic carbocycles. The van der Waals surface area contributed by atoms with Crippen LogP contribution in [0.15, 0.2) is 46.5 Å². The number of rotatable bonds is 3. The first-order chi connectivity index (χ1) is 15.0. The highest BCUT2D eigenvalue weighted by atomic mass is 16.5. The Morgan fingerprint density at radius 1 is 1.22 bits per heavy atom. The first-order valence-corrected chi connectivity index (χ1v) is 11.7. The SMILES string of the molecule is COC(=O)C[C@H]1C(C)(C)C(=O)C=C2O[C@@]3(C)C4=CC[C@@H](c5ccoc5)[C@@]4(C)CC[C@@H]3[C@]21C. The fourth-order valence-electron chi connectivity index (χ4n) is 7.93. The Hall–Kier alpha value is -2.30. The number of fused-ring (bicyclic) bond motifs is 5. The summed E-state index contributed by atoms with van der Waals surface area (Å²) in [4.78, 5) is 25.6. The van der Waals surface area contributed by atoms with Crippen LogP contribution in [0.25, 0.3) is 0 Å². The summed E-state index contributed by atoms with van der Waals surface area (Å²) in [6.07, 6.45) is 10.9. The van der Waals surface area contributed by atoms with E-state index in [2.05, 4.69) is 32.9 Å². The molecule has 1 aromatic heterocycles. The highest BCUT2D eigenvalue weighted by molar-refractivity contribution is 5.97. The van der Waals surface area contributed by atoms with Gasteiger partial charge in [0, 0.05) is 22.8 Å². The summed E-state index contributed by atoms with van der Waals surface area (Å²) in [6, 6.07) is 2.08. The van der Waals surface area contributed by atoms with E-state index in [1.807, 2.05) is 20.1 Å². The standard InChI is InChI=1S/C27H34O5/c1-24(2)20(13-23(29)30-6)26(4)19-9-11-25(3)17(16-10-12-31-15-16)7-8-18(25)27(19,5)32-22(26)14-21(24)28/h8,10,12,14-15,17,19-20H,7,9,11,13H2,1-6H3/t17-,19+,20-,25+,26-,27-/m0/s1. The van der Waals surface area contributed by atoms with Gasteiger partial charge in [-0.25, -0.2) is 0 Å². The topological polar surface area (TPSA) is 65.7 Å². The van der Waals surface area contributed by atoms with Crippen molar-refractivity contribution in [1.82, 2.24) is 0 Å². The smallest absolute Gasteiger partial charge is 0.305 e. The van der Waals surface area contributed by atoms with Crippen molar-refractivity contribution in [3.8, 4) is 0 Å². The van der Waals surface area contributed by atoms with Gasteiger partial charge in [0.2, 0.25) is 0 Å². The average Bonchev–Trinajstić information content (AvgIpc) is 3.42. The highest BCUT2D eigenvalue weighted by Gasteiger charge is 2.70. The minimum Gasteiger partial charge on any atom is -0.486 e. The van der Waals surface area contributed by atoms with Gasteiger partial charge in [0.1, 0.15) is 11.4 Å². The van der Waals surface area contributed by atoms with Crippen molar-refractivity contribution in [2.45, 2.75) is 71.8 Å². The molecule has 2 heterocycles. The lowest BCUT2D eigenvalue weighted by molar-refractivity contribution is -0.147. The summed E-state index contributed by atoms with van der Waals surface area (Å²) in [5, 5.41) is 0. The van der Waals surface area contributed by atoms with E-state index in [-0.39, 0.29) is 35.4 Å². The number of ketones is 1. The van der Waals surface area contributed by atoms with Crippen LogP contribution >= 0.6 is 0 Å². The number of carbonyl (C=O) groups is 2. The van der Waals surface area contributed by atoms with Crippen LogP contribution in [-0.4, -0.2) is 24.5 Å². The van der Waals surface area contributed by atoms with E-state index < -0.39 is 16.4 Å². The molecule has 32 heavy (non-hydrogen) atoms. The second-order valence-electron chi connectivity index (χ2n) is 11.4. The van der Waals surface area contributed by atoms with Crippen molar-refractivity contribution in [3.05, 3.63) is 47.6 Å². The highest BCUT2D eigenvalue weighted by Crippen LogP contribution is 2.72. The van der Waals surface area contributed by atoms with E-state index in [1.165, 1.54) is 18.2 Å². The Balaban J connectivity index is 1.59. The number of hydrogen-bond acceptors (Lipinski definition) is 5. The molecule has 0 radical (unpaired) electrons. The minimum absolute atomic E-state index is 0.0170. The van der Waals surface area contributed by atoms with Crippen molar-refractivity contribution >= 4 is 11.8 Å². The lowest BCUT2D eigenvalue weighted by Crippen LogP contribution is -2.54. The number of allylic oxidation sites excluding steroid dienone is 3. The summed E-state index contributed by atoms with van der Waals surface area (Å²) in [5.74, 6) is 0.878. The molecule has 0 amide bonds. The molecule has 5 rings (SSSR count). The van der Waals surface area contributed by atoms with Crippen LogP contribution in [0.3, 0.4) is 0 Å². The van der Waals surface area contributed by atoms with Crippen molar-refractivity contribution in [2.75, 3.05) is 7.11 Å². The largest absolute Gasteiger partial charge is 0.486 e. The molecule has 1 saturated carbocycles. The van der Waals surface area contributed by atoms with E-state index in [0.717, 1.165) is 25.0 Å². The molecule has 2 fully saturated rings. The molecule has 0 N–H and O–H groups in total. The fraction of sp³-hybridized carbons (Fsp3) is 0.630. The van der Waals surface area contributed by atoms with Crippen LogP contribution in [0.5, 0.6) is 0 Å². The van der Waals surface area contributed by atoms with Crippen molar-refractivity contribution in [3.63, 3.8) is 0 Å². The fourth-order valence-corrected chi connectivity index (χ4v) is 7.93. The van der Waals surface area contributed by atoms with Gasteiger partial charge in [0.05, 0.1) is 26.1 Å². The van der Waals surface area contributed by atoms with Gasteiger partial charge in [0.25, 0.3) is 0 Å². The molecule has 0 bridgehead atoms. The van der Waals surface area contributed by atoms with Crippen LogP contribution in [0.4, 0.5) is 0 Å². The Morgan fingerprint density at radius 2 is 1.97 bits per heavy atom. The number of esters is 1. The monoisotopic (exact) mass is 438 g/mol. The first kappa shape index (κ1) is 21.5. The second kappa shape index (κ2) is 6.61. The van der Waals surface area contributed by atoms with Crippen molar-refractivity contribution in [1.29, 1.82) is 0 Å². The first-order valence-electron chi connectivity index (χ1n) is 11.7. The van der Waals surface area contributed by atoms with Crippen LogP contribution in [0.2, 0.25) is 0 Å². The molecular formula is C27H34O5. The Morgan fingerprint density at radius 3 is 2.62 bits per heavy atom. The van der Waals surface area contributed by atoms with Gasteiger partial charge in [-0.15, -0.1) is 0 Å². The molecule has 1 aromatic rings. The van der Waals surface area contributed by atoms with Gasteiger partial charge in [-0.3, -0.25) is 9.59 Å². The third-order valence-electron chi connectivity index (χ3n) is 9.71. The predicted octanol–water partition coefficient (Wildman–Crippen LogP) is 5.58. The van der Waals surface area contributed by atoms with Crippen LogP contribution in [0, 0.1) is 28.1 Å². The van der Waals surface area contributed by atoms with Gasteiger partial charge in [0.15, 0.2) is 5.78 Å². The molecule has 4 aliphatic rings. The Kier molecular flexibility index (Phi) is 4.45. The molecular weight excluding hydrogens is 404 g/mol. The zero-order chi connectivity index (χ0) is 23.1. The van der Waals surface area contributed by atoms with Crippen LogP contribution in [-0.2, 0) is 19.1 Å². The molecule has 5 heteroatoms. The van der Waals surface area contributed by atoms with Crippen molar-refractivity contribution in [2.24, 2.45) is 28.1 Å². The normalized spacial score (nSPS) is 41.7. The van der Waals surface area contributed by atoms with Gasteiger partial charge in [-0.1, -0.05) is 33.8 Å². The van der Waals surface area contributed by atoms with Gasteiger partial charge in [-0.2, -0.15) is 0 Å². The quantitative estimate of drug-likeness (QED) is 0.455. The summed E-state index contributed by atoms with van der Waals surface area (Å²) in [6.45, 7) is 10.7.